The first-order chi connectivity index (χ1) is 18.6. The zero-order valence-corrected chi connectivity index (χ0v) is 24.1. The molecule has 1 aromatic heterocycles. The molecule has 1 atom stereocenters. The lowest BCUT2D eigenvalue weighted by Crippen LogP contribution is -2.37. The molecule has 3 rings (SSSR count). The lowest BCUT2D eigenvalue weighted by Gasteiger charge is -2.13. The van der Waals surface area contributed by atoms with E-state index < -0.39 is 21.2 Å². The van der Waals surface area contributed by atoms with Crippen LogP contribution >= 0.6 is 24.2 Å². The van der Waals surface area contributed by atoms with Gasteiger partial charge in [-0.1, -0.05) is 67.4 Å². The summed E-state index contributed by atoms with van der Waals surface area (Å²) in [4.78, 5) is 28.8. The van der Waals surface area contributed by atoms with Crippen LogP contribution < -0.4 is 10.0 Å². The van der Waals surface area contributed by atoms with Crippen LogP contribution in [-0.4, -0.2) is 46.7 Å². The second-order valence-corrected chi connectivity index (χ2v) is 11.7. The largest absolute Gasteiger partial charge is 0.390 e. The van der Waals surface area contributed by atoms with Gasteiger partial charge in [-0.25, -0.2) is 18.1 Å². The van der Waals surface area contributed by atoms with Gasteiger partial charge < -0.3 is 15.0 Å². The molecule has 0 aliphatic heterocycles. The Labute approximate surface area is 239 Å². The van der Waals surface area contributed by atoms with E-state index in [9.17, 15) is 23.1 Å². The number of carbonyl (C=O) groups is 2. The summed E-state index contributed by atoms with van der Waals surface area (Å²) in [6, 6.07) is 15.5. The number of nitrogens with one attached hydrogen (secondary N) is 2. The fourth-order valence-electron chi connectivity index (χ4n) is 3.93. The van der Waals surface area contributed by atoms with Crippen LogP contribution in [0.25, 0.3) is 0 Å². The van der Waals surface area contributed by atoms with Crippen LogP contribution in [0.4, 0.5) is 0 Å². The van der Waals surface area contributed by atoms with Gasteiger partial charge in [0.1, 0.15) is 5.82 Å². The van der Waals surface area contributed by atoms with Crippen LogP contribution in [0, 0.1) is 0 Å². The maximum Gasteiger partial charge on any atom is 0.264 e. The van der Waals surface area contributed by atoms with Crippen LogP contribution in [0.15, 0.2) is 59.5 Å². The lowest BCUT2D eigenvalue weighted by molar-refractivity contribution is -0.121. The van der Waals surface area contributed by atoms with Gasteiger partial charge in [0.05, 0.1) is 22.4 Å². The molecule has 3 aromatic rings. The molecule has 9 nitrogen and oxygen atoms in total. The zero-order valence-electron chi connectivity index (χ0n) is 21.6. The molecule has 12 heteroatoms. The molecule has 0 bridgehead atoms. The maximum atomic E-state index is 12.7. The van der Waals surface area contributed by atoms with E-state index in [2.05, 4.69) is 29.9 Å². The summed E-state index contributed by atoms with van der Waals surface area (Å²) in [5.74, 6) is -0.319. The number of aliphatic hydroxyl groups is 1. The number of rotatable bonds is 14. The number of hydrogen-bond acceptors (Lipinski definition) is 7. The topological polar surface area (TPSA) is 130 Å². The number of nitrogens with zero attached hydrogens (tertiary/aromatic N) is 2. The van der Waals surface area contributed by atoms with Gasteiger partial charge in [0.15, 0.2) is 5.15 Å². The van der Waals surface area contributed by atoms with Gasteiger partial charge in [0.2, 0.25) is 11.8 Å². The number of hydrogen-bond donors (Lipinski definition) is 4. The van der Waals surface area contributed by atoms with E-state index in [1.54, 1.807) is 12.1 Å². The van der Waals surface area contributed by atoms with Gasteiger partial charge in [-0.15, -0.1) is 0 Å². The Kier molecular flexibility index (Phi) is 11.4. The molecule has 1 heterocycles. The van der Waals surface area contributed by atoms with Crippen molar-refractivity contribution < 1.29 is 23.1 Å². The third-order valence-electron chi connectivity index (χ3n) is 6.05. The molecule has 2 amide bonds. The number of aromatic nitrogens is 2. The number of benzene rings is 2. The van der Waals surface area contributed by atoms with Crippen molar-refractivity contribution in [2.75, 3.05) is 6.54 Å². The molecule has 0 aliphatic carbocycles. The summed E-state index contributed by atoms with van der Waals surface area (Å²) in [7, 11) is -4.09. The Bertz CT molecular complexity index is 1360. The minimum atomic E-state index is -4.09. The van der Waals surface area contributed by atoms with Gasteiger partial charge >= 0.3 is 0 Å². The maximum absolute atomic E-state index is 12.7. The van der Waals surface area contributed by atoms with Crippen LogP contribution in [0.3, 0.4) is 0 Å². The number of amides is 2. The van der Waals surface area contributed by atoms with Crippen molar-refractivity contribution in [3.05, 3.63) is 82.4 Å². The van der Waals surface area contributed by atoms with Crippen molar-refractivity contribution in [1.82, 2.24) is 19.6 Å². The molecule has 0 saturated heterocycles. The van der Waals surface area contributed by atoms with Gasteiger partial charge in [0, 0.05) is 25.9 Å². The fraction of sp³-hybridized carbons (Fsp3) is 0.370. The highest BCUT2D eigenvalue weighted by molar-refractivity contribution is 7.90. The third kappa shape index (κ3) is 8.82. The summed E-state index contributed by atoms with van der Waals surface area (Å²) in [6.07, 6.45) is 2.83. The van der Waals surface area contributed by atoms with E-state index in [1.807, 2.05) is 39.6 Å². The second kappa shape index (κ2) is 14.5. The van der Waals surface area contributed by atoms with E-state index in [0.717, 1.165) is 29.8 Å². The van der Waals surface area contributed by atoms with E-state index in [-0.39, 0.29) is 35.5 Å². The minimum Gasteiger partial charge on any atom is -0.390 e. The normalized spacial score (nSPS) is 12.2. The number of carbonyl (C=O) groups excluding carboxylic acids is 2. The number of aryl methyl sites for hydroxylation is 1. The molecular formula is C27H33ClN4O5S2. The lowest BCUT2D eigenvalue weighted by atomic mass is 10.1. The van der Waals surface area contributed by atoms with Crippen LogP contribution in [-0.2, 0) is 45.6 Å². The SMILES string of the molecule is CCCCc1nc(Cl)c(CO)n1Cc1ccc(S(=O)(=O)NC(=O)CCNC(=O)[C@@H](S)Cc2ccccc2)cc1. The predicted molar refractivity (Wildman–Crippen MR) is 153 cm³/mol. The monoisotopic (exact) mass is 592 g/mol. The second-order valence-electron chi connectivity index (χ2n) is 9.03. The van der Waals surface area contributed by atoms with E-state index >= 15 is 0 Å². The van der Waals surface area contributed by atoms with Crippen molar-refractivity contribution in [2.24, 2.45) is 0 Å². The number of sulfonamides is 1. The summed E-state index contributed by atoms with van der Waals surface area (Å²) >= 11 is 10.5. The number of unbranched alkanes of at least 4 members (excludes halogenated alkanes) is 1. The van der Waals surface area contributed by atoms with E-state index in [0.29, 0.717) is 25.1 Å². The van der Waals surface area contributed by atoms with Gasteiger partial charge in [-0.2, -0.15) is 12.6 Å². The molecule has 3 N–H and O–H groups in total. The number of halogens is 1. The summed E-state index contributed by atoms with van der Waals surface area (Å²) in [5.41, 5.74) is 2.24. The Morgan fingerprint density at radius 3 is 2.44 bits per heavy atom. The Balaban J connectivity index is 1.54. The summed E-state index contributed by atoms with van der Waals surface area (Å²) < 4.78 is 29.3. The molecule has 0 spiro atoms. The van der Waals surface area contributed by atoms with E-state index in [4.69, 9.17) is 11.6 Å². The molecule has 210 valence electrons. The molecule has 0 saturated carbocycles. The number of thiol groups is 1. The Morgan fingerprint density at radius 2 is 1.79 bits per heavy atom. The molecule has 2 aromatic carbocycles. The van der Waals surface area contributed by atoms with Crippen molar-refractivity contribution in [3.63, 3.8) is 0 Å². The minimum absolute atomic E-state index is 0.0218. The quantitative estimate of drug-likeness (QED) is 0.213. The highest BCUT2D eigenvalue weighted by Crippen LogP contribution is 2.21. The first-order valence-electron chi connectivity index (χ1n) is 12.6. The smallest absolute Gasteiger partial charge is 0.264 e. The standard InChI is InChI=1S/C27H33ClN4O5S2/c1-2-3-9-24-30-26(28)22(18-33)32(24)17-20-10-12-21(13-11-20)39(36,37)31-25(34)14-15-29-27(35)23(38)16-19-7-5-4-6-8-19/h4-8,10-13,23,33,38H,2-3,9,14-18H2,1H3,(H,29,35)(H,31,34)/t23-/m0/s1. The van der Waals surface area contributed by atoms with Crippen LogP contribution in [0.5, 0.6) is 0 Å². The van der Waals surface area contributed by atoms with Crippen molar-refractivity contribution in [2.45, 2.75) is 62.3 Å². The molecule has 0 aliphatic rings. The Morgan fingerprint density at radius 1 is 1.10 bits per heavy atom. The number of aliphatic hydroxyl groups excluding tert-OH is 1. The average molecular weight is 593 g/mol. The number of imidazole rings is 1. The van der Waals surface area contributed by atoms with Gasteiger partial charge in [-0.05, 0) is 36.1 Å². The molecule has 0 unspecified atom stereocenters. The summed E-state index contributed by atoms with van der Waals surface area (Å²) in [6.45, 7) is 2.14. The van der Waals surface area contributed by atoms with Crippen molar-refractivity contribution in [3.8, 4) is 0 Å². The Hall–Kier alpha value is -2.86. The predicted octanol–water partition coefficient (Wildman–Crippen LogP) is 3.27. The molecule has 39 heavy (non-hydrogen) atoms. The molecular weight excluding hydrogens is 560 g/mol. The third-order valence-corrected chi connectivity index (χ3v) is 8.16. The highest BCUT2D eigenvalue weighted by Gasteiger charge is 2.20. The molecule has 0 fully saturated rings. The first kappa shape index (κ1) is 30.7. The fourth-order valence-corrected chi connectivity index (χ4v) is 5.51. The van der Waals surface area contributed by atoms with Crippen molar-refractivity contribution >= 4 is 46.1 Å². The summed E-state index contributed by atoms with van der Waals surface area (Å²) in [5, 5.41) is 12.0. The highest BCUT2D eigenvalue weighted by atomic mass is 35.5. The van der Waals surface area contributed by atoms with Gasteiger partial charge in [-0.3, -0.25) is 9.59 Å². The van der Waals surface area contributed by atoms with Crippen LogP contribution in [0.2, 0.25) is 5.15 Å². The molecule has 0 radical (unpaired) electrons. The average Bonchev–Trinajstić information content (AvgIpc) is 3.21. The zero-order chi connectivity index (χ0) is 28.4. The van der Waals surface area contributed by atoms with E-state index in [1.165, 1.54) is 12.1 Å². The van der Waals surface area contributed by atoms with Gasteiger partial charge in [0.25, 0.3) is 10.0 Å². The van der Waals surface area contributed by atoms with Crippen molar-refractivity contribution in [1.29, 1.82) is 0 Å². The van der Waals surface area contributed by atoms with Crippen LogP contribution in [0.1, 0.15) is 48.8 Å². The first-order valence-corrected chi connectivity index (χ1v) is 15.0.